The molecule has 1 N–H and O–H groups in total. The topological polar surface area (TPSA) is 99.6 Å². The highest BCUT2D eigenvalue weighted by molar-refractivity contribution is 6.09. The van der Waals surface area contributed by atoms with E-state index in [9.17, 15) is 9.59 Å². The van der Waals surface area contributed by atoms with Gasteiger partial charge in [-0.05, 0) is 43.3 Å². The SMILES string of the molecule is CCOC(=O)c1cc(NC(=O)c2ccc(Oc3cccc(OC)c3)cn2)c2ccccc2n1. The Balaban J connectivity index is 1.54. The molecule has 33 heavy (non-hydrogen) atoms. The van der Waals surface area contributed by atoms with Crippen LogP contribution in [0.2, 0.25) is 0 Å². The summed E-state index contributed by atoms with van der Waals surface area (Å²) in [6.45, 7) is 1.94. The van der Waals surface area contributed by atoms with Gasteiger partial charge in [-0.1, -0.05) is 24.3 Å². The molecular weight excluding hydrogens is 422 g/mol. The van der Waals surface area contributed by atoms with Crippen LogP contribution in [0.4, 0.5) is 5.69 Å². The average molecular weight is 443 g/mol. The quantitative estimate of drug-likeness (QED) is 0.407. The number of aromatic nitrogens is 2. The number of nitrogens with one attached hydrogen (secondary N) is 1. The lowest BCUT2D eigenvalue weighted by Gasteiger charge is -2.11. The maximum absolute atomic E-state index is 12.9. The molecular formula is C25H21N3O5. The minimum atomic E-state index is -0.559. The molecule has 0 spiro atoms. The van der Waals surface area contributed by atoms with E-state index >= 15 is 0 Å². The van der Waals surface area contributed by atoms with Gasteiger partial charge in [0, 0.05) is 11.5 Å². The van der Waals surface area contributed by atoms with Crippen LogP contribution in [0.1, 0.15) is 27.9 Å². The molecule has 0 saturated heterocycles. The normalized spacial score (nSPS) is 10.5. The summed E-state index contributed by atoms with van der Waals surface area (Å²) in [4.78, 5) is 33.6. The molecule has 0 aliphatic carbocycles. The third-order valence-electron chi connectivity index (χ3n) is 4.69. The second-order valence-corrected chi connectivity index (χ2v) is 6.91. The van der Waals surface area contributed by atoms with Gasteiger partial charge < -0.3 is 19.5 Å². The van der Waals surface area contributed by atoms with Gasteiger partial charge in [0.15, 0.2) is 5.69 Å². The van der Waals surface area contributed by atoms with Crippen LogP contribution < -0.4 is 14.8 Å². The monoisotopic (exact) mass is 443 g/mol. The number of anilines is 1. The number of rotatable bonds is 7. The van der Waals surface area contributed by atoms with E-state index in [2.05, 4.69) is 15.3 Å². The second-order valence-electron chi connectivity index (χ2n) is 6.91. The highest BCUT2D eigenvalue weighted by Gasteiger charge is 2.16. The third-order valence-corrected chi connectivity index (χ3v) is 4.69. The van der Waals surface area contributed by atoms with E-state index in [4.69, 9.17) is 14.2 Å². The van der Waals surface area contributed by atoms with Crippen molar-refractivity contribution in [2.75, 3.05) is 19.0 Å². The minimum Gasteiger partial charge on any atom is -0.497 e. The molecule has 1 amide bonds. The number of nitrogens with zero attached hydrogens (tertiary/aromatic N) is 2. The summed E-state index contributed by atoms with van der Waals surface area (Å²) in [5.74, 6) is 0.732. The molecule has 4 rings (SSSR count). The second kappa shape index (κ2) is 9.78. The standard InChI is InChI=1S/C25H21N3O5/c1-3-32-25(30)23-14-22(19-9-4-5-10-20(19)27-23)28-24(29)21-12-11-18(15-26-21)33-17-8-6-7-16(13-17)31-2/h4-15H,3H2,1-2H3,(H,27,28,29). The van der Waals surface area contributed by atoms with Gasteiger partial charge >= 0.3 is 5.97 Å². The minimum absolute atomic E-state index is 0.112. The Hall–Kier alpha value is -4.46. The Morgan fingerprint density at radius 3 is 2.48 bits per heavy atom. The van der Waals surface area contributed by atoms with Crippen molar-refractivity contribution in [3.8, 4) is 17.2 Å². The Labute approximate surface area is 190 Å². The molecule has 8 heteroatoms. The van der Waals surface area contributed by atoms with Crippen LogP contribution in [0, 0.1) is 0 Å². The van der Waals surface area contributed by atoms with Crippen LogP contribution in [0.15, 0.2) is 72.9 Å². The summed E-state index contributed by atoms with van der Waals surface area (Å²) in [5, 5.41) is 3.51. The van der Waals surface area contributed by atoms with Gasteiger partial charge in [0.1, 0.15) is 22.9 Å². The largest absolute Gasteiger partial charge is 0.497 e. The lowest BCUT2D eigenvalue weighted by molar-refractivity contribution is 0.0520. The maximum Gasteiger partial charge on any atom is 0.357 e. The predicted molar refractivity (Wildman–Crippen MR) is 123 cm³/mol. The summed E-state index contributed by atoms with van der Waals surface area (Å²) < 4.78 is 16.0. The van der Waals surface area contributed by atoms with E-state index in [1.165, 1.54) is 12.3 Å². The number of fused-ring (bicyclic) bond motifs is 1. The molecule has 0 aliphatic heterocycles. The number of hydrogen-bond donors (Lipinski definition) is 1. The number of hydrogen-bond acceptors (Lipinski definition) is 7. The zero-order chi connectivity index (χ0) is 23.2. The van der Waals surface area contributed by atoms with Gasteiger partial charge in [-0.25, -0.2) is 14.8 Å². The van der Waals surface area contributed by atoms with E-state index in [1.807, 2.05) is 24.3 Å². The number of para-hydroxylation sites is 1. The maximum atomic E-state index is 12.9. The van der Waals surface area contributed by atoms with Crippen molar-refractivity contribution in [1.82, 2.24) is 9.97 Å². The molecule has 4 aromatic rings. The van der Waals surface area contributed by atoms with Crippen molar-refractivity contribution in [1.29, 1.82) is 0 Å². The summed E-state index contributed by atoms with van der Waals surface area (Å²) >= 11 is 0. The van der Waals surface area contributed by atoms with Crippen LogP contribution in [0.5, 0.6) is 17.2 Å². The number of carbonyl (C=O) groups is 2. The van der Waals surface area contributed by atoms with E-state index < -0.39 is 11.9 Å². The Kier molecular flexibility index (Phi) is 6.45. The van der Waals surface area contributed by atoms with Gasteiger partial charge in [0.2, 0.25) is 0 Å². The van der Waals surface area contributed by atoms with Crippen LogP contribution in [-0.2, 0) is 4.74 Å². The molecule has 0 aliphatic rings. The van der Waals surface area contributed by atoms with Gasteiger partial charge in [0.25, 0.3) is 5.91 Å². The van der Waals surface area contributed by atoms with Crippen molar-refractivity contribution in [3.05, 3.63) is 84.3 Å². The van der Waals surface area contributed by atoms with Gasteiger partial charge in [-0.3, -0.25) is 4.79 Å². The Morgan fingerprint density at radius 1 is 0.909 bits per heavy atom. The summed E-state index contributed by atoms with van der Waals surface area (Å²) in [5.41, 5.74) is 1.30. The first-order chi connectivity index (χ1) is 16.1. The molecule has 0 atom stereocenters. The number of ether oxygens (including phenoxy) is 3. The van der Waals surface area contributed by atoms with Crippen LogP contribution in [0.3, 0.4) is 0 Å². The highest BCUT2D eigenvalue weighted by Crippen LogP contribution is 2.26. The van der Waals surface area contributed by atoms with Gasteiger partial charge in [-0.2, -0.15) is 0 Å². The summed E-state index contributed by atoms with van der Waals surface area (Å²) in [7, 11) is 1.58. The molecule has 0 radical (unpaired) electrons. The molecule has 0 saturated carbocycles. The molecule has 0 bridgehead atoms. The molecule has 2 aromatic heterocycles. The first kappa shape index (κ1) is 21.8. The summed E-state index contributed by atoms with van der Waals surface area (Å²) in [6.07, 6.45) is 1.46. The first-order valence-corrected chi connectivity index (χ1v) is 10.2. The number of benzene rings is 2. The molecule has 2 aromatic carbocycles. The number of pyridine rings is 2. The fraction of sp³-hybridized carbons (Fsp3) is 0.120. The van der Waals surface area contributed by atoms with E-state index in [-0.39, 0.29) is 18.0 Å². The average Bonchev–Trinajstić information content (AvgIpc) is 2.84. The molecule has 8 nitrogen and oxygen atoms in total. The van der Waals surface area contributed by atoms with Crippen LogP contribution in [0.25, 0.3) is 10.9 Å². The lowest BCUT2D eigenvalue weighted by Crippen LogP contribution is -2.15. The van der Waals surface area contributed by atoms with Crippen molar-refractivity contribution >= 4 is 28.5 Å². The molecule has 0 fully saturated rings. The lowest BCUT2D eigenvalue weighted by atomic mass is 10.1. The van der Waals surface area contributed by atoms with Crippen molar-refractivity contribution in [3.63, 3.8) is 0 Å². The zero-order valence-electron chi connectivity index (χ0n) is 18.1. The number of esters is 1. The van der Waals surface area contributed by atoms with Gasteiger partial charge in [0.05, 0.1) is 31.1 Å². The van der Waals surface area contributed by atoms with Crippen molar-refractivity contribution in [2.24, 2.45) is 0 Å². The Morgan fingerprint density at radius 2 is 1.73 bits per heavy atom. The molecule has 2 heterocycles. The van der Waals surface area contributed by atoms with Crippen molar-refractivity contribution < 1.29 is 23.8 Å². The van der Waals surface area contributed by atoms with E-state index in [0.717, 1.165) is 0 Å². The van der Waals surface area contributed by atoms with Gasteiger partial charge in [-0.15, -0.1) is 0 Å². The number of carbonyl (C=O) groups excluding carboxylic acids is 2. The summed E-state index contributed by atoms with van der Waals surface area (Å²) in [6, 6.07) is 19.1. The third kappa shape index (κ3) is 5.07. The fourth-order valence-electron chi connectivity index (χ4n) is 3.15. The van der Waals surface area contributed by atoms with E-state index in [0.29, 0.717) is 33.8 Å². The van der Waals surface area contributed by atoms with E-state index in [1.54, 1.807) is 50.4 Å². The first-order valence-electron chi connectivity index (χ1n) is 10.2. The zero-order valence-corrected chi connectivity index (χ0v) is 18.1. The van der Waals surface area contributed by atoms with Crippen LogP contribution in [-0.4, -0.2) is 35.6 Å². The number of methoxy groups -OCH3 is 1. The predicted octanol–water partition coefficient (Wildman–Crippen LogP) is 4.86. The smallest absolute Gasteiger partial charge is 0.357 e. The fourth-order valence-corrected chi connectivity index (χ4v) is 3.15. The number of amides is 1. The molecule has 0 unspecified atom stereocenters. The van der Waals surface area contributed by atoms with Crippen molar-refractivity contribution in [2.45, 2.75) is 6.92 Å². The van der Waals surface area contributed by atoms with Crippen LogP contribution >= 0.6 is 0 Å². The molecule has 166 valence electrons. The Bertz CT molecular complexity index is 1310. The highest BCUT2D eigenvalue weighted by atomic mass is 16.5.